The van der Waals surface area contributed by atoms with Gasteiger partial charge < -0.3 is 9.64 Å². The van der Waals surface area contributed by atoms with Gasteiger partial charge in [-0.05, 0) is 59.8 Å². The summed E-state index contributed by atoms with van der Waals surface area (Å²) in [5.41, 5.74) is 2.51. The van der Waals surface area contributed by atoms with E-state index in [1.54, 1.807) is 0 Å². The molecule has 0 saturated heterocycles. The van der Waals surface area contributed by atoms with E-state index >= 15 is 0 Å². The van der Waals surface area contributed by atoms with Gasteiger partial charge in [-0.25, -0.2) is 0 Å². The average molecular weight is 378 g/mol. The number of rotatable bonds is 0. The number of para-hydroxylation sites is 1. The standard InChI is InChI=1S/C26H22N2O/c1-25(2)21-10-6-7-11-22(21)28(3)26(25)16-27-24-20-15-18-9-5-4-8-17(18)14-19(20)12-13-23(24)29-26/h4-16H,1-3H3/t26-/m0/s1. The van der Waals surface area contributed by atoms with Crippen LogP contribution < -0.4 is 9.64 Å². The van der Waals surface area contributed by atoms with Crippen LogP contribution in [0.5, 0.6) is 5.75 Å². The first-order chi connectivity index (χ1) is 14.0. The fourth-order valence-electron chi connectivity index (χ4n) is 5.07. The molecule has 4 aromatic carbocycles. The number of hydrogen-bond donors (Lipinski definition) is 0. The van der Waals surface area contributed by atoms with E-state index in [1.807, 2.05) is 6.21 Å². The average Bonchev–Trinajstić information content (AvgIpc) is 2.91. The molecule has 0 aromatic heterocycles. The Bertz CT molecular complexity index is 1340. The molecule has 0 unspecified atom stereocenters. The highest BCUT2D eigenvalue weighted by molar-refractivity contribution is 6.06. The van der Waals surface area contributed by atoms with Crippen LogP contribution in [-0.4, -0.2) is 19.0 Å². The quantitative estimate of drug-likeness (QED) is 0.340. The Hall–Kier alpha value is -3.33. The summed E-state index contributed by atoms with van der Waals surface area (Å²) in [5.74, 6) is 0.836. The third kappa shape index (κ3) is 2.00. The van der Waals surface area contributed by atoms with Gasteiger partial charge in [0.1, 0.15) is 11.4 Å². The third-order valence-electron chi connectivity index (χ3n) is 6.79. The number of nitrogens with zero attached hydrogens (tertiary/aromatic N) is 2. The van der Waals surface area contributed by atoms with Crippen molar-refractivity contribution in [2.24, 2.45) is 4.99 Å². The van der Waals surface area contributed by atoms with Crippen LogP contribution in [0.4, 0.5) is 11.4 Å². The molecule has 0 saturated carbocycles. The Morgan fingerprint density at radius 2 is 1.55 bits per heavy atom. The van der Waals surface area contributed by atoms with Crippen molar-refractivity contribution in [1.29, 1.82) is 0 Å². The van der Waals surface area contributed by atoms with Gasteiger partial charge in [-0.15, -0.1) is 0 Å². The minimum Gasteiger partial charge on any atom is -0.459 e. The van der Waals surface area contributed by atoms with E-state index in [1.165, 1.54) is 27.4 Å². The van der Waals surface area contributed by atoms with Gasteiger partial charge in [0, 0.05) is 18.1 Å². The summed E-state index contributed by atoms with van der Waals surface area (Å²) in [4.78, 5) is 7.22. The molecule has 0 bridgehead atoms. The Balaban J connectivity index is 1.56. The highest BCUT2D eigenvalue weighted by Crippen LogP contribution is 2.54. The van der Waals surface area contributed by atoms with Crippen molar-refractivity contribution in [3.05, 3.63) is 78.4 Å². The zero-order valence-electron chi connectivity index (χ0n) is 16.8. The summed E-state index contributed by atoms with van der Waals surface area (Å²) in [6, 6.07) is 25.6. The summed E-state index contributed by atoms with van der Waals surface area (Å²) in [6.07, 6.45) is 2.00. The Kier molecular flexibility index (Phi) is 3.08. The number of ether oxygens (including phenoxy) is 1. The maximum absolute atomic E-state index is 6.79. The molecule has 29 heavy (non-hydrogen) atoms. The second-order valence-electron chi connectivity index (χ2n) is 8.59. The first-order valence-electron chi connectivity index (χ1n) is 10.0. The van der Waals surface area contributed by atoms with E-state index in [2.05, 4.69) is 98.6 Å². The van der Waals surface area contributed by atoms with Crippen molar-refractivity contribution >= 4 is 39.1 Å². The second-order valence-corrected chi connectivity index (χ2v) is 8.59. The minimum atomic E-state index is -0.645. The fraction of sp³-hybridized carbons (Fsp3) is 0.192. The normalized spacial score (nSPS) is 21.4. The molecule has 0 radical (unpaired) electrons. The van der Waals surface area contributed by atoms with Crippen LogP contribution in [0, 0.1) is 0 Å². The number of anilines is 1. The van der Waals surface area contributed by atoms with Crippen LogP contribution in [-0.2, 0) is 5.41 Å². The number of benzene rings is 4. The zero-order chi connectivity index (χ0) is 19.8. The summed E-state index contributed by atoms with van der Waals surface area (Å²) < 4.78 is 6.79. The molecule has 3 heteroatoms. The lowest BCUT2D eigenvalue weighted by molar-refractivity contribution is 0.0826. The Morgan fingerprint density at radius 3 is 2.34 bits per heavy atom. The number of aliphatic imine (C=N–C) groups is 1. The van der Waals surface area contributed by atoms with E-state index in [9.17, 15) is 0 Å². The molecule has 3 nitrogen and oxygen atoms in total. The largest absolute Gasteiger partial charge is 0.459 e. The monoisotopic (exact) mass is 378 g/mol. The molecule has 0 aliphatic carbocycles. The highest BCUT2D eigenvalue weighted by atomic mass is 16.5. The van der Waals surface area contributed by atoms with Gasteiger partial charge in [0.05, 0.1) is 11.6 Å². The summed E-state index contributed by atoms with van der Waals surface area (Å²) in [6.45, 7) is 4.47. The topological polar surface area (TPSA) is 24.8 Å². The Morgan fingerprint density at radius 1 is 0.828 bits per heavy atom. The van der Waals surface area contributed by atoms with Gasteiger partial charge >= 0.3 is 0 Å². The molecule has 2 aliphatic heterocycles. The molecule has 142 valence electrons. The SMILES string of the molecule is CN1c2ccccc2C(C)(C)[C@@]12C=Nc1c(ccc3cc4ccccc4cc13)O2. The molecule has 1 atom stereocenters. The fourth-order valence-corrected chi connectivity index (χ4v) is 5.07. The molecule has 2 heterocycles. The van der Waals surface area contributed by atoms with Crippen LogP contribution in [0.1, 0.15) is 19.4 Å². The van der Waals surface area contributed by atoms with E-state index in [-0.39, 0.29) is 5.41 Å². The number of hydrogen-bond acceptors (Lipinski definition) is 3. The van der Waals surface area contributed by atoms with Gasteiger partial charge in [-0.1, -0.05) is 48.5 Å². The maximum atomic E-state index is 6.79. The molecular formula is C26H22N2O. The van der Waals surface area contributed by atoms with Crippen molar-refractivity contribution in [2.45, 2.75) is 25.0 Å². The van der Waals surface area contributed by atoms with Crippen molar-refractivity contribution in [3.8, 4) is 5.75 Å². The third-order valence-corrected chi connectivity index (χ3v) is 6.79. The highest BCUT2D eigenvalue weighted by Gasteiger charge is 2.58. The first kappa shape index (κ1) is 16.6. The minimum absolute atomic E-state index is 0.238. The smallest absolute Gasteiger partial charge is 0.228 e. The molecule has 4 aromatic rings. The predicted molar refractivity (Wildman–Crippen MR) is 121 cm³/mol. The first-order valence-corrected chi connectivity index (χ1v) is 10.0. The molecule has 0 fully saturated rings. The lowest BCUT2D eigenvalue weighted by Gasteiger charge is -2.45. The maximum Gasteiger partial charge on any atom is 0.228 e. The Labute approximate surface area is 170 Å². The van der Waals surface area contributed by atoms with Crippen LogP contribution in [0.25, 0.3) is 21.5 Å². The van der Waals surface area contributed by atoms with Crippen LogP contribution >= 0.6 is 0 Å². The van der Waals surface area contributed by atoms with Gasteiger partial charge in [-0.3, -0.25) is 4.99 Å². The summed E-state index contributed by atoms with van der Waals surface area (Å²) in [7, 11) is 2.10. The van der Waals surface area contributed by atoms with Crippen LogP contribution in [0.2, 0.25) is 0 Å². The molecular weight excluding hydrogens is 356 g/mol. The van der Waals surface area contributed by atoms with Crippen molar-refractivity contribution in [3.63, 3.8) is 0 Å². The lowest BCUT2D eigenvalue weighted by atomic mass is 9.77. The number of likely N-dealkylation sites (N-methyl/N-ethyl adjacent to an activating group) is 1. The number of fused-ring (bicyclic) bond motifs is 5. The van der Waals surface area contributed by atoms with Gasteiger partial charge in [0.15, 0.2) is 0 Å². The van der Waals surface area contributed by atoms with Crippen LogP contribution in [0.3, 0.4) is 0 Å². The molecule has 6 rings (SSSR count). The van der Waals surface area contributed by atoms with Gasteiger partial charge in [0.2, 0.25) is 5.72 Å². The molecule has 0 N–H and O–H groups in total. The van der Waals surface area contributed by atoms with Gasteiger partial charge in [-0.2, -0.15) is 0 Å². The van der Waals surface area contributed by atoms with E-state index in [4.69, 9.17) is 9.73 Å². The molecule has 0 amide bonds. The predicted octanol–water partition coefficient (Wildman–Crippen LogP) is 6.21. The van der Waals surface area contributed by atoms with Crippen molar-refractivity contribution < 1.29 is 4.74 Å². The van der Waals surface area contributed by atoms with Crippen molar-refractivity contribution in [2.75, 3.05) is 11.9 Å². The molecule has 2 aliphatic rings. The zero-order valence-corrected chi connectivity index (χ0v) is 16.8. The van der Waals surface area contributed by atoms with Gasteiger partial charge in [0.25, 0.3) is 0 Å². The van der Waals surface area contributed by atoms with Crippen molar-refractivity contribution in [1.82, 2.24) is 0 Å². The van der Waals surface area contributed by atoms with Crippen LogP contribution in [0.15, 0.2) is 77.8 Å². The van der Waals surface area contributed by atoms with E-state index in [0.717, 1.165) is 16.8 Å². The van der Waals surface area contributed by atoms with E-state index in [0.29, 0.717) is 0 Å². The molecule has 1 spiro atoms. The second kappa shape index (κ2) is 5.38. The summed E-state index contributed by atoms with van der Waals surface area (Å²) in [5, 5.41) is 4.77. The van der Waals surface area contributed by atoms with E-state index < -0.39 is 5.72 Å². The lowest BCUT2D eigenvalue weighted by Crippen LogP contribution is -2.61. The summed E-state index contributed by atoms with van der Waals surface area (Å²) >= 11 is 0.